The van der Waals surface area contributed by atoms with Gasteiger partial charge in [0.1, 0.15) is 14.6 Å². The molecule has 3 aromatic carbocycles. The molecule has 6 aromatic heterocycles. The molecule has 0 bridgehead atoms. The SMILES string of the molecule is C[n+]1coc(-c2cc(-c3ccccc3)c(C(F)(F)F)s2)n1.Cc1nc(-c2cc(-c3ccccc3)c(C(F)(F)F)s2)no1.Cc1noc(-c2cc(-c3ccccc3)c(C(F)(F)F)s2)n1. The number of aryl methyl sites for hydroxylation is 3. The van der Waals surface area contributed by atoms with Crippen molar-refractivity contribution in [1.82, 2.24) is 25.4 Å². The third-order valence-electron chi connectivity index (χ3n) is 8.49. The van der Waals surface area contributed by atoms with E-state index in [0.29, 0.717) is 77.0 Å². The molecule has 0 saturated heterocycles. The molecule has 0 aliphatic heterocycles. The van der Waals surface area contributed by atoms with E-state index < -0.39 is 33.2 Å². The highest BCUT2D eigenvalue weighted by molar-refractivity contribution is 7.16. The van der Waals surface area contributed by atoms with E-state index in [1.54, 1.807) is 112 Å². The number of nitrogens with zero attached hydrogens (tertiary/aromatic N) is 6. The molecule has 9 nitrogen and oxygen atoms in total. The van der Waals surface area contributed by atoms with Crippen LogP contribution in [0.4, 0.5) is 39.5 Å². The van der Waals surface area contributed by atoms with Crippen LogP contribution in [0.15, 0.2) is 129 Å². The Bertz CT molecular complexity index is 2600. The zero-order valence-electron chi connectivity index (χ0n) is 32.5. The van der Waals surface area contributed by atoms with Crippen LogP contribution in [0.2, 0.25) is 0 Å². The number of halogens is 9. The lowest BCUT2D eigenvalue weighted by molar-refractivity contribution is -0.730. The van der Waals surface area contributed by atoms with Gasteiger partial charge in [-0.2, -0.15) is 49.5 Å². The molecule has 324 valence electrons. The zero-order valence-corrected chi connectivity index (χ0v) is 35.0. The van der Waals surface area contributed by atoms with Crippen molar-refractivity contribution in [3.05, 3.63) is 142 Å². The van der Waals surface area contributed by atoms with Gasteiger partial charge in [-0.15, -0.1) is 34.0 Å². The minimum atomic E-state index is -4.43. The average molecular weight is 932 g/mol. The monoisotopic (exact) mass is 931 g/mol. The third kappa shape index (κ3) is 10.6. The summed E-state index contributed by atoms with van der Waals surface area (Å²) in [6.45, 7) is 3.20. The van der Waals surface area contributed by atoms with Crippen LogP contribution in [-0.4, -0.2) is 25.4 Å². The van der Waals surface area contributed by atoms with Crippen molar-refractivity contribution >= 4 is 34.0 Å². The van der Waals surface area contributed by atoms with Crippen LogP contribution in [-0.2, 0) is 25.6 Å². The van der Waals surface area contributed by atoms with E-state index in [2.05, 4.69) is 25.4 Å². The Kier molecular flexibility index (Phi) is 12.8. The molecule has 63 heavy (non-hydrogen) atoms. The molecular weight excluding hydrogens is 904 g/mol. The molecule has 0 spiro atoms. The van der Waals surface area contributed by atoms with Crippen molar-refractivity contribution in [3.8, 4) is 65.6 Å². The first kappa shape index (κ1) is 44.6. The van der Waals surface area contributed by atoms with Crippen LogP contribution in [0.5, 0.6) is 0 Å². The number of thiophene rings is 3. The quantitative estimate of drug-likeness (QED) is 0.120. The molecule has 9 rings (SSSR count). The van der Waals surface area contributed by atoms with Crippen molar-refractivity contribution in [3.63, 3.8) is 0 Å². The van der Waals surface area contributed by atoms with E-state index in [1.807, 2.05) is 0 Å². The fourth-order valence-electron chi connectivity index (χ4n) is 5.84. The summed E-state index contributed by atoms with van der Waals surface area (Å²) in [7, 11) is 1.64. The summed E-state index contributed by atoms with van der Waals surface area (Å²) in [6, 6.07) is 29.7. The largest absolute Gasteiger partial charge is 0.426 e. The van der Waals surface area contributed by atoms with E-state index in [9.17, 15) is 39.5 Å². The van der Waals surface area contributed by atoms with Gasteiger partial charge in [-0.3, -0.25) is 0 Å². The van der Waals surface area contributed by atoms with E-state index in [1.165, 1.54) is 29.3 Å². The summed E-state index contributed by atoms with van der Waals surface area (Å²) in [4.78, 5) is 6.96. The molecular formula is C42H28F9N6O3S3+. The summed E-state index contributed by atoms with van der Waals surface area (Å²) < 4.78 is 135. The van der Waals surface area contributed by atoms with Gasteiger partial charge in [-0.25, -0.2) is 0 Å². The van der Waals surface area contributed by atoms with E-state index in [4.69, 9.17) is 13.5 Å². The molecule has 0 saturated carbocycles. The lowest BCUT2D eigenvalue weighted by Crippen LogP contribution is -2.28. The molecule has 0 aliphatic rings. The Balaban J connectivity index is 0.000000142. The van der Waals surface area contributed by atoms with Crippen molar-refractivity contribution in [2.45, 2.75) is 32.4 Å². The van der Waals surface area contributed by atoms with Crippen LogP contribution in [0, 0.1) is 13.8 Å². The van der Waals surface area contributed by atoms with Gasteiger partial charge in [0.05, 0.1) is 14.6 Å². The van der Waals surface area contributed by atoms with E-state index in [0.717, 1.165) is 0 Å². The molecule has 0 aliphatic carbocycles. The second kappa shape index (κ2) is 18.1. The highest BCUT2D eigenvalue weighted by Crippen LogP contribution is 2.48. The zero-order chi connectivity index (χ0) is 45.1. The molecule has 21 heteroatoms. The van der Waals surface area contributed by atoms with Crippen molar-refractivity contribution in [2.75, 3.05) is 0 Å². The van der Waals surface area contributed by atoms with Gasteiger partial charge < -0.3 is 13.5 Å². The first-order valence-electron chi connectivity index (χ1n) is 18.1. The minimum Gasteiger partial charge on any atom is -0.382 e. The lowest BCUT2D eigenvalue weighted by Gasteiger charge is -2.07. The second-order valence-corrected chi connectivity index (χ2v) is 16.3. The minimum absolute atomic E-state index is 0.102. The predicted octanol–water partition coefficient (Wildman–Crippen LogP) is 13.5. The average Bonchev–Trinajstić information content (AvgIpc) is 4.10. The van der Waals surface area contributed by atoms with Gasteiger partial charge >= 0.3 is 30.8 Å². The lowest BCUT2D eigenvalue weighted by atomic mass is 10.1. The van der Waals surface area contributed by atoms with Crippen LogP contribution >= 0.6 is 34.0 Å². The summed E-state index contributed by atoms with van der Waals surface area (Å²) in [5.74, 6) is 1.15. The first-order chi connectivity index (χ1) is 29.8. The van der Waals surface area contributed by atoms with Crippen molar-refractivity contribution < 1.29 is 57.7 Å². The van der Waals surface area contributed by atoms with E-state index in [-0.39, 0.29) is 34.3 Å². The molecule has 0 amide bonds. The Morgan fingerprint density at radius 3 is 1.27 bits per heavy atom. The van der Waals surface area contributed by atoms with Crippen LogP contribution in [0.1, 0.15) is 26.3 Å². The molecule has 0 N–H and O–H groups in total. The smallest absolute Gasteiger partial charge is 0.382 e. The maximum absolute atomic E-state index is 13.2. The molecule has 9 aromatic rings. The standard InChI is InChI=1S/C14H10F3N2OS.2C14H9F3N2OS/c1-19-8-20-13(18-19)11-7-10(9-5-3-2-4-6-9)12(21-11)14(15,16)17;1-8-18-13(19-20-8)11-7-10(9-5-3-2-4-6-9)12(21-11)14(15,16)17;1-8-18-13(20-19-8)11-7-10(9-5-3-2-4-6-9)12(21-11)14(15,16)17/h2-8H,1H3;2*2-7H,1H3/q+1;;. The second-order valence-electron chi connectivity index (χ2n) is 13.1. The van der Waals surface area contributed by atoms with Gasteiger partial charge in [-0.1, -0.05) is 106 Å². The molecule has 6 heterocycles. The number of rotatable bonds is 6. The number of benzene rings is 3. The Hall–Kier alpha value is -6.45. The number of hydrogen-bond donors (Lipinski definition) is 0. The number of hydrogen-bond acceptors (Lipinski definition) is 11. The maximum Gasteiger partial charge on any atom is 0.426 e. The highest BCUT2D eigenvalue weighted by Gasteiger charge is 2.39. The van der Waals surface area contributed by atoms with Crippen LogP contribution in [0.3, 0.4) is 0 Å². The van der Waals surface area contributed by atoms with Crippen LogP contribution in [0.25, 0.3) is 65.6 Å². The van der Waals surface area contributed by atoms with E-state index >= 15 is 0 Å². The van der Waals surface area contributed by atoms with Gasteiger partial charge in [0.2, 0.25) is 11.7 Å². The van der Waals surface area contributed by atoms with Crippen molar-refractivity contribution in [2.24, 2.45) is 7.05 Å². The van der Waals surface area contributed by atoms with Gasteiger partial charge in [0, 0.05) is 28.7 Å². The molecule has 0 atom stereocenters. The third-order valence-corrected chi connectivity index (χ3v) is 12.0. The first-order valence-corrected chi connectivity index (χ1v) is 20.5. The normalized spacial score (nSPS) is 11.8. The summed E-state index contributed by atoms with van der Waals surface area (Å²) in [5, 5.41) is 11.3. The van der Waals surface area contributed by atoms with Crippen LogP contribution < -0.4 is 4.68 Å². The summed E-state index contributed by atoms with van der Waals surface area (Å²) in [5.41, 5.74) is 1.92. The predicted molar refractivity (Wildman–Crippen MR) is 217 cm³/mol. The Labute approximate surface area is 362 Å². The van der Waals surface area contributed by atoms with Gasteiger partial charge in [-0.05, 0) is 41.8 Å². The Morgan fingerprint density at radius 2 is 0.921 bits per heavy atom. The fraction of sp³-hybridized carbons (Fsp3) is 0.143. The summed E-state index contributed by atoms with van der Waals surface area (Å²) >= 11 is 1.86. The number of aromatic nitrogens is 6. The molecule has 0 radical (unpaired) electrons. The van der Waals surface area contributed by atoms with Gasteiger partial charge in [0.25, 0.3) is 5.89 Å². The summed E-state index contributed by atoms with van der Waals surface area (Å²) in [6.07, 6.45) is -11.9. The topological polar surface area (TPSA) is 108 Å². The number of alkyl halides is 9. The molecule has 0 fully saturated rings. The highest BCUT2D eigenvalue weighted by atomic mass is 32.1. The molecule has 0 unspecified atom stereocenters. The van der Waals surface area contributed by atoms with Crippen molar-refractivity contribution in [1.29, 1.82) is 0 Å². The fourth-order valence-corrected chi connectivity index (χ4v) is 8.76. The van der Waals surface area contributed by atoms with Gasteiger partial charge in [0.15, 0.2) is 12.9 Å². The Morgan fingerprint density at radius 1 is 0.508 bits per heavy atom. The maximum atomic E-state index is 13.2.